The van der Waals surface area contributed by atoms with Crippen LogP contribution in [0.15, 0.2) is 54.7 Å². The van der Waals surface area contributed by atoms with E-state index >= 15 is 0 Å². The lowest BCUT2D eigenvalue weighted by molar-refractivity contribution is 0.0506. The van der Waals surface area contributed by atoms with E-state index in [0.29, 0.717) is 24.3 Å². The van der Waals surface area contributed by atoms with Gasteiger partial charge in [0.15, 0.2) is 0 Å². The molecule has 3 aromatic rings. The Morgan fingerprint density at radius 2 is 1.88 bits per heavy atom. The summed E-state index contributed by atoms with van der Waals surface area (Å²) in [5.41, 5.74) is 4.15. The summed E-state index contributed by atoms with van der Waals surface area (Å²) in [5.74, 6) is -0.388. The van der Waals surface area contributed by atoms with Gasteiger partial charge in [-0.3, -0.25) is 4.79 Å². The number of hydrogen-bond donors (Lipinski definition) is 0. The normalized spacial score (nSPS) is 15.7. The van der Waals surface area contributed by atoms with Crippen LogP contribution in [0.25, 0.3) is 5.69 Å². The molecule has 7 heteroatoms. The molecule has 2 aromatic carbocycles. The summed E-state index contributed by atoms with van der Waals surface area (Å²) in [4.78, 5) is 17.5. The number of halogens is 1. The maximum absolute atomic E-state index is 13.6. The Labute approximate surface area is 188 Å². The molecule has 6 nitrogen and oxygen atoms in total. The number of ether oxygens (including phenoxy) is 1. The van der Waals surface area contributed by atoms with Crippen molar-refractivity contribution in [2.24, 2.45) is 0 Å². The van der Waals surface area contributed by atoms with Crippen molar-refractivity contribution >= 4 is 11.6 Å². The highest BCUT2D eigenvalue weighted by Crippen LogP contribution is 2.21. The second-order valence-corrected chi connectivity index (χ2v) is 8.41. The first kappa shape index (κ1) is 22.0. The number of nitrogens with zero attached hydrogens (tertiary/aromatic N) is 4. The number of amides is 1. The largest absolute Gasteiger partial charge is 0.378 e. The van der Waals surface area contributed by atoms with Crippen molar-refractivity contribution < 1.29 is 13.9 Å². The molecule has 1 saturated heterocycles. The van der Waals surface area contributed by atoms with Gasteiger partial charge in [-0.05, 0) is 61.7 Å². The summed E-state index contributed by atoms with van der Waals surface area (Å²) >= 11 is 0. The molecule has 2 heterocycles. The second kappa shape index (κ2) is 9.53. The summed E-state index contributed by atoms with van der Waals surface area (Å²) in [7, 11) is 4.01. The summed E-state index contributed by atoms with van der Waals surface area (Å²) in [6, 6.07) is 14.3. The minimum atomic E-state index is -0.308. The standard InChI is InChI=1S/C25H29FN4O2/c1-18-24(15-27-30(18)22-12-8-20(26)9-13-22)25(31)29(17-23-5-4-14-32-23)16-19-6-10-21(11-7-19)28(2)3/h6-13,15,23H,4-5,14,16-17H2,1-3H3. The topological polar surface area (TPSA) is 50.6 Å². The Morgan fingerprint density at radius 3 is 2.50 bits per heavy atom. The number of carbonyl (C=O) groups excluding carboxylic acids is 1. The molecular weight excluding hydrogens is 407 g/mol. The first-order valence-corrected chi connectivity index (χ1v) is 10.9. The molecule has 1 aliphatic heterocycles. The molecule has 168 valence electrons. The number of rotatable bonds is 7. The summed E-state index contributed by atoms with van der Waals surface area (Å²) < 4.78 is 20.8. The van der Waals surface area contributed by atoms with Crippen LogP contribution in [0.5, 0.6) is 0 Å². The van der Waals surface area contributed by atoms with Crippen molar-refractivity contribution in [1.29, 1.82) is 0 Å². The van der Waals surface area contributed by atoms with E-state index in [9.17, 15) is 9.18 Å². The third-order valence-corrected chi connectivity index (χ3v) is 5.87. The maximum Gasteiger partial charge on any atom is 0.257 e. The third kappa shape index (κ3) is 4.83. The number of benzene rings is 2. The van der Waals surface area contributed by atoms with Gasteiger partial charge >= 0.3 is 0 Å². The van der Waals surface area contributed by atoms with Crippen molar-refractivity contribution in [1.82, 2.24) is 14.7 Å². The molecule has 0 bridgehead atoms. The van der Waals surface area contributed by atoms with Crippen LogP contribution in [0.4, 0.5) is 10.1 Å². The molecule has 0 saturated carbocycles. The van der Waals surface area contributed by atoms with Gasteiger partial charge in [-0.2, -0.15) is 5.10 Å². The molecule has 1 aliphatic rings. The van der Waals surface area contributed by atoms with Gasteiger partial charge in [0.05, 0.1) is 29.2 Å². The lowest BCUT2D eigenvalue weighted by atomic mass is 10.1. The van der Waals surface area contributed by atoms with Gasteiger partial charge in [-0.1, -0.05) is 12.1 Å². The van der Waals surface area contributed by atoms with Crippen LogP contribution in [-0.4, -0.2) is 53.9 Å². The molecule has 0 aliphatic carbocycles. The first-order valence-electron chi connectivity index (χ1n) is 10.9. The summed E-state index contributed by atoms with van der Waals surface area (Å²) in [5, 5.41) is 4.40. The van der Waals surface area contributed by atoms with Gasteiger partial charge in [0, 0.05) is 39.5 Å². The number of aromatic nitrogens is 2. The fourth-order valence-electron chi connectivity index (χ4n) is 4.01. The first-order chi connectivity index (χ1) is 15.4. The van der Waals surface area contributed by atoms with Gasteiger partial charge in [0.25, 0.3) is 5.91 Å². The lowest BCUT2D eigenvalue weighted by Crippen LogP contribution is -2.37. The monoisotopic (exact) mass is 436 g/mol. The van der Waals surface area contributed by atoms with Crippen molar-refractivity contribution in [3.05, 3.63) is 77.4 Å². The maximum atomic E-state index is 13.6. The molecule has 1 fully saturated rings. The minimum Gasteiger partial charge on any atom is -0.378 e. The predicted molar refractivity (Wildman–Crippen MR) is 123 cm³/mol. The fourth-order valence-corrected chi connectivity index (χ4v) is 4.01. The van der Waals surface area contributed by atoms with Crippen LogP contribution < -0.4 is 4.90 Å². The molecule has 1 atom stereocenters. The predicted octanol–water partition coefficient (Wildman–Crippen LogP) is 4.21. The van der Waals surface area contributed by atoms with E-state index in [1.807, 2.05) is 30.8 Å². The molecule has 0 N–H and O–H groups in total. The number of anilines is 1. The Morgan fingerprint density at radius 1 is 1.16 bits per heavy atom. The van der Waals surface area contributed by atoms with E-state index in [1.165, 1.54) is 12.1 Å². The summed E-state index contributed by atoms with van der Waals surface area (Å²) in [6.45, 7) is 3.63. The quantitative estimate of drug-likeness (QED) is 0.557. The van der Waals surface area contributed by atoms with Gasteiger partial charge in [0.1, 0.15) is 5.82 Å². The van der Waals surface area contributed by atoms with Gasteiger partial charge in [0.2, 0.25) is 0 Å². The van der Waals surface area contributed by atoms with Gasteiger partial charge in [-0.15, -0.1) is 0 Å². The number of carbonyl (C=O) groups is 1. The molecule has 1 amide bonds. The Bertz CT molecular complexity index is 1050. The van der Waals surface area contributed by atoms with Gasteiger partial charge in [-0.25, -0.2) is 9.07 Å². The van der Waals surface area contributed by atoms with E-state index in [4.69, 9.17) is 4.74 Å². The molecule has 1 unspecified atom stereocenters. The SMILES string of the molecule is Cc1c(C(=O)N(Cc2ccc(N(C)C)cc2)CC2CCCO2)cnn1-c1ccc(F)cc1. The Balaban J connectivity index is 1.59. The highest BCUT2D eigenvalue weighted by Gasteiger charge is 2.26. The smallest absolute Gasteiger partial charge is 0.257 e. The van der Waals surface area contributed by atoms with Crippen molar-refractivity contribution in [3.63, 3.8) is 0 Å². The van der Waals surface area contributed by atoms with Crippen LogP contribution in [0, 0.1) is 12.7 Å². The van der Waals surface area contributed by atoms with Crippen molar-refractivity contribution in [2.45, 2.75) is 32.4 Å². The molecule has 1 aromatic heterocycles. The zero-order valence-electron chi connectivity index (χ0n) is 18.8. The van der Waals surface area contributed by atoms with E-state index in [2.05, 4.69) is 29.4 Å². The van der Waals surface area contributed by atoms with Crippen molar-refractivity contribution in [3.8, 4) is 5.69 Å². The second-order valence-electron chi connectivity index (χ2n) is 8.41. The van der Waals surface area contributed by atoms with E-state index < -0.39 is 0 Å². The summed E-state index contributed by atoms with van der Waals surface area (Å²) in [6.07, 6.45) is 3.62. The van der Waals surface area contributed by atoms with E-state index in [1.54, 1.807) is 23.0 Å². The van der Waals surface area contributed by atoms with Crippen LogP contribution in [0.3, 0.4) is 0 Å². The highest BCUT2D eigenvalue weighted by molar-refractivity contribution is 5.95. The van der Waals surface area contributed by atoms with Crippen LogP contribution >= 0.6 is 0 Å². The zero-order valence-corrected chi connectivity index (χ0v) is 18.8. The average Bonchev–Trinajstić information content (AvgIpc) is 3.43. The Kier molecular flexibility index (Phi) is 6.55. The van der Waals surface area contributed by atoms with Gasteiger partial charge < -0.3 is 14.5 Å². The molecular formula is C25H29FN4O2. The third-order valence-electron chi connectivity index (χ3n) is 5.87. The van der Waals surface area contributed by atoms with Crippen LogP contribution in [0.2, 0.25) is 0 Å². The highest BCUT2D eigenvalue weighted by atomic mass is 19.1. The van der Waals surface area contributed by atoms with E-state index in [-0.39, 0.29) is 17.8 Å². The fraction of sp³-hybridized carbons (Fsp3) is 0.360. The van der Waals surface area contributed by atoms with Crippen LogP contribution in [0.1, 0.15) is 34.5 Å². The van der Waals surface area contributed by atoms with Crippen molar-refractivity contribution in [2.75, 3.05) is 32.1 Å². The number of hydrogen-bond acceptors (Lipinski definition) is 4. The Hall–Kier alpha value is -3.19. The minimum absolute atomic E-state index is 0.0486. The molecule has 0 spiro atoms. The zero-order chi connectivity index (χ0) is 22.7. The van der Waals surface area contributed by atoms with Crippen LogP contribution in [-0.2, 0) is 11.3 Å². The lowest BCUT2D eigenvalue weighted by Gasteiger charge is -2.26. The molecule has 0 radical (unpaired) electrons. The molecule has 32 heavy (non-hydrogen) atoms. The average molecular weight is 437 g/mol. The molecule has 4 rings (SSSR count). The van der Waals surface area contributed by atoms with E-state index in [0.717, 1.165) is 36.4 Å².